The summed E-state index contributed by atoms with van der Waals surface area (Å²) >= 11 is 3.25. The van der Waals surface area contributed by atoms with Gasteiger partial charge in [-0.3, -0.25) is 4.79 Å². The number of rotatable bonds is 3. The molecule has 0 saturated carbocycles. The normalized spacial score (nSPS) is 16.5. The fourth-order valence-corrected chi connectivity index (χ4v) is 2.23. The van der Waals surface area contributed by atoms with E-state index >= 15 is 0 Å². The topological polar surface area (TPSA) is 36.4 Å². The quantitative estimate of drug-likeness (QED) is 0.767. The zero-order valence-electron chi connectivity index (χ0n) is 10.8. The van der Waals surface area contributed by atoms with E-state index in [4.69, 9.17) is 0 Å². The van der Waals surface area contributed by atoms with Crippen LogP contribution in [-0.2, 0) is 4.79 Å². The van der Waals surface area contributed by atoms with Crippen molar-refractivity contribution in [1.82, 2.24) is 9.88 Å². The van der Waals surface area contributed by atoms with Crippen LogP contribution in [0.15, 0.2) is 22.8 Å². The van der Waals surface area contributed by atoms with Crippen LogP contribution in [-0.4, -0.2) is 54.3 Å². The molecule has 116 valence electrons. The summed E-state index contributed by atoms with van der Waals surface area (Å²) in [5.41, 5.74) is 0. The summed E-state index contributed by atoms with van der Waals surface area (Å²) in [6.45, 7) is 0.442. The molecule has 0 spiro atoms. The Kier molecular flexibility index (Phi) is 4.70. The maximum Gasteiger partial charge on any atom is 0.383 e. The molecule has 2 heterocycles. The third kappa shape index (κ3) is 3.45. The van der Waals surface area contributed by atoms with Gasteiger partial charge in [0.15, 0.2) is 0 Å². The zero-order chi connectivity index (χ0) is 15.6. The Labute approximate surface area is 126 Å². The lowest BCUT2D eigenvalue weighted by Gasteiger charge is -2.36. The van der Waals surface area contributed by atoms with E-state index in [0.717, 1.165) is 9.37 Å². The fourth-order valence-electron chi connectivity index (χ4n) is 2.00. The highest BCUT2D eigenvalue weighted by Crippen LogP contribution is 2.26. The Bertz CT molecular complexity index is 504. The molecule has 0 bridgehead atoms. The molecule has 9 heteroatoms. The Balaban J connectivity index is 1.97. The van der Waals surface area contributed by atoms with Crippen molar-refractivity contribution < 1.29 is 22.4 Å². The van der Waals surface area contributed by atoms with Gasteiger partial charge < -0.3 is 9.80 Å². The third-order valence-electron chi connectivity index (χ3n) is 3.16. The van der Waals surface area contributed by atoms with Crippen LogP contribution < -0.4 is 4.90 Å². The predicted octanol–water partition coefficient (Wildman–Crippen LogP) is 2.39. The number of anilines is 1. The lowest BCUT2D eigenvalue weighted by molar-refractivity contribution is -0.180. The molecule has 21 heavy (non-hydrogen) atoms. The van der Waals surface area contributed by atoms with Gasteiger partial charge in [0.1, 0.15) is 5.82 Å². The number of hydrogen-bond acceptors (Lipinski definition) is 3. The van der Waals surface area contributed by atoms with Gasteiger partial charge in [0.05, 0.1) is 0 Å². The number of alkyl halides is 4. The molecular weight excluding hydrogens is 358 g/mol. The van der Waals surface area contributed by atoms with Gasteiger partial charge in [-0.2, -0.15) is 8.78 Å². The molecule has 0 aromatic carbocycles. The van der Waals surface area contributed by atoms with Gasteiger partial charge in [-0.15, -0.1) is 0 Å². The molecule has 1 aromatic heterocycles. The van der Waals surface area contributed by atoms with Gasteiger partial charge in [-0.1, -0.05) is 0 Å². The Morgan fingerprint density at radius 2 is 1.86 bits per heavy atom. The summed E-state index contributed by atoms with van der Waals surface area (Å²) in [4.78, 5) is 18.1. The van der Waals surface area contributed by atoms with E-state index in [-0.39, 0.29) is 26.2 Å². The van der Waals surface area contributed by atoms with E-state index in [2.05, 4.69) is 20.9 Å². The first-order valence-corrected chi connectivity index (χ1v) is 6.93. The van der Waals surface area contributed by atoms with Crippen molar-refractivity contribution in [1.29, 1.82) is 0 Å². The van der Waals surface area contributed by atoms with Crippen LogP contribution in [0.2, 0.25) is 0 Å². The first-order chi connectivity index (χ1) is 9.82. The van der Waals surface area contributed by atoms with E-state index in [0.29, 0.717) is 5.82 Å². The van der Waals surface area contributed by atoms with Gasteiger partial charge in [-0.05, 0) is 28.1 Å². The summed E-state index contributed by atoms with van der Waals surface area (Å²) in [7, 11) is 0. The minimum absolute atomic E-state index is 0.0428. The first-order valence-electron chi connectivity index (χ1n) is 6.14. The van der Waals surface area contributed by atoms with Gasteiger partial charge in [0, 0.05) is 36.8 Å². The molecule has 1 fully saturated rings. The van der Waals surface area contributed by atoms with Crippen LogP contribution in [0.3, 0.4) is 0 Å². The molecule has 1 aliphatic rings. The van der Waals surface area contributed by atoms with Gasteiger partial charge in [-0.25, -0.2) is 13.8 Å². The number of amides is 1. The van der Waals surface area contributed by atoms with Crippen molar-refractivity contribution in [3.05, 3.63) is 22.8 Å². The monoisotopic (exact) mass is 369 g/mol. The smallest absolute Gasteiger partial charge is 0.353 e. The maximum atomic E-state index is 13.0. The fraction of sp³-hybridized carbons (Fsp3) is 0.500. The molecule has 1 aliphatic heterocycles. The average molecular weight is 370 g/mol. The van der Waals surface area contributed by atoms with E-state index in [9.17, 15) is 22.4 Å². The Hall–Kier alpha value is -1.38. The SMILES string of the molecule is O=C(N1CCN(c2ccc(Br)cn2)CC1)C(F)(F)C(F)F. The lowest BCUT2D eigenvalue weighted by atomic mass is 10.2. The second-order valence-corrected chi connectivity index (χ2v) is 5.45. The van der Waals surface area contributed by atoms with Crippen molar-refractivity contribution in [2.24, 2.45) is 0 Å². The molecule has 1 amide bonds. The zero-order valence-corrected chi connectivity index (χ0v) is 12.4. The number of aromatic nitrogens is 1. The van der Waals surface area contributed by atoms with Crippen LogP contribution in [0, 0.1) is 0 Å². The van der Waals surface area contributed by atoms with Crippen LogP contribution in [0.25, 0.3) is 0 Å². The van der Waals surface area contributed by atoms with Gasteiger partial charge in [0.25, 0.3) is 5.91 Å². The second-order valence-electron chi connectivity index (χ2n) is 4.54. The van der Waals surface area contributed by atoms with Gasteiger partial charge in [0.2, 0.25) is 0 Å². The minimum Gasteiger partial charge on any atom is -0.353 e. The predicted molar refractivity (Wildman–Crippen MR) is 71.7 cm³/mol. The van der Waals surface area contributed by atoms with E-state index in [1.165, 1.54) is 0 Å². The van der Waals surface area contributed by atoms with Crippen molar-refractivity contribution in [2.75, 3.05) is 31.1 Å². The lowest BCUT2D eigenvalue weighted by Crippen LogP contribution is -2.55. The average Bonchev–Trinajstić information content (AvgIpc) is 2.47. The summed E-state index contributed by atoms with van der Waals surface area (Å²) in [6, 6.07) is 3.53. The first kappa shape index (κ1) is 16.0. The standard InChI is InChI=1S/C12H12BrF4N3O/c13-8-1-2-9(18-7-8)19-3-5-20(6-4-19)11(21)12(16,17)10(14)15/h1-2,7,10H,3-6H2. The largest absolute Gasteiger partial charge is 0.383 e. The minimum atomic E-state index is -4.63. The third-order valence-corrected chi connectivity index (χ3v) is 3.63. The Morgan fingerprint density at radius 1 is 1.24 bits per heavy atom. The number of halogens is 5. The number of pyridine rings is 1. The summed E-state index contributed by atoms with van der Waals surface area (Å²) in [5, 5.41) is 0. The van der Waals surface area contributed by atoms with Crippen LogP contribution in [0.4, 0.5) is 23.4 Å². The van der Waals surface area contributed by atoms with Crippen LogP contribution >= 0.6 is 15.9 Å². The summed E-state index contributed by atoms with van der Waals surface area (Å²) in [6.07, 6.45) is -2.39. The number of hydrogen-bond donors (Lipinski definition) is 0. The highest BCUT2D eigenvalue weighted by atomic mass is 79.9. The number of carbonyl (C=O) groups is 1. The number of nitrogens with zero attached hydrogens (tertiary/aromatic N) is 3. The molecule has 0 aliphatic carbocycles. The van der Waals surface area contributed by atoms with E-state index in [1.54, 1.807) is 23.2 Å². The van der Waals surface area contributed by atoms with E-state index < -0.39 is 18.3 Å². The van der Waals surface area contributed by atoms with Crippen molar-refractivity contribution in [3.63, 3.8) is 0 Å². The molecule has 2 rings (SSSR count). The molecule has 1 saturated heterocycles. The summed E-state index contributed by atoms with van der Waals surface area (Å²) in [5.74, 6) is -5.80. The van der Waals surface area contributed by atoms with Gasteiger partial charge >= 0.3 is 12.3 Å². The van der Waals surface area contributed by atoms with Crippen molar-refractivity contribution >= 4 is 27.7 Å². The molecule has 0 radical (unpaired) electrons. The maximum absolute atomic E-state index is 13.0. The second kappa shape index (κ2) is 6.17. The highest BCUT2D eigenvalue weighted by molar-refractivity contribution is 9.10. The van der Waals surface area contributed by atoms with Crippen molar-refractivity contribution in [2.45, 2.75) is 12.3 Å². The summed E-state index contributed by atoms with van der Waals surface area (Å²) < 4.78 is 51.2. The van der Waals surface area contributed by atoms with Crippen LogP contribution in [0.5, 0.6) is 0 Å². The molecule has 1 aromatic rings. The number of piperazine rings is 1. The van der Waals surface area contributed by atoms with Crippen molar-refractivity contribution in [3.8, 4) is 0 Å². The molecular formula is C12H12BrF4N3O. The van der Waals surface area contributed by atoms with E-state index in [1.807, 2.05) is 0 Å². The molecule has 0 N–H and O–H groups in total. The number of carbonyl (C=O) groups excluding carboxylic acids is 1. The highest BCUT2D eigenvalue weighted by Gasteiger charge is 2.51. The molecule has 0 unspecified atom stereocenters. The van der Waals surface area contributed by atoms with Crippen LogP contribution in [0.1, 0.15) is 0 Å². The molecule has 4 nitrogen and oxygen atoms in total. The Morgan fingerprint density at radius 3 is 2.33 bits per heavy atom. The molecule has 0 atom stereocenters.